The lowest BCUT2D eigenvalue weighted by atomic mass is 10.0. The van der Waals surface area contributed by atoms with Gasteiger partial charge in [0, 0.05) is 19.3 Å². The van der Waals surface area contributed by atoms with E-state index in [-0.39, 0.29) is 31.1 Å². The highest BCUT2D eigenvalue weighted by atomic mass is 16.6. The second-order valence-electron chi connectivity index (χ2n) is 22.2. The summed E-state index contributed by atoms with van der Waals surface area (Å²) in [5, 5.41) is 0. The average molecular weight is 976 g/mol. The largest absolute Gasteiger partial charge is 0.462 e. The topological polar surface area (TPSA) is 78.9 Å². The highest BCUT2D eigenvalue weighted by molar-refractivity contribution is 5.71. The first-order chi connectivity index (χ1) is 33.9. The number of esters is 3. The van der Waals surface area contributed by atoms with Crippen LogP contribution in [0.5, 0.6) is 0 Å². The second kappa shape index (κ2) is 57.3. The van der Waals surface area contributed by atoms with Crippen LogP contribution in [0, 0.1) is 5.92 Å². The summed E-state index contributed by atoms with van der Waals surface area (Å²) in [6.07, 6.45) is 63.9. The fraction of sp³-hybridized carbons (Fsp3) is 0.952. The minimum Gasteiger partial charge on any atom is -0.462 e. The van der Waals surface area contributed by atoms with Gasteiger partial charge in [0.15, 0.2) is 6.10 Å². The van der Waals surface area contributed by atoms with Crippen molar-refractivity contribution >= 4 is 17.9 Å². The third kappa shape index (κ3) is 57.2. The molecular weight excluding hydrogens is 853 g/mol. The minimum atomic E-state index is -0.763. The van der Waals surface area contributed by atoms with Gasteiger partial charge in [0.1, 0.15) is 13.2 Å². The predicted molar refractivity (Wildman–Crippen MR) is 298 cm³/mol. The Morgan fingerprint density at radius 1 is 0.275 bits per heavy atom. The molecular formula is C63H122O6. The first-order valence-electron chi connectivity index (χ1n) is 31.4. The summed E-state index contributed by atoms with van der Waals surface area (Å²) in [6.45, 7) is 9.08. The first kappa shape index (κ1) is 67.4. The number of unbranched alkanes of at least 4 members (excludes halogenated alkanes) is 45. The van der Waals surface area contributed by atoms with Gasteiger partial charge in [-0.05, 0) is 25.2 Å². The molecule has 1 atom stereocenters. The van der Waals surface area contributed by atoms with E-state index in [0.29, 0.717) is 19.3 Å². The highest BCUT2D eigenvalue weighted by Crippen LogP contribution is 2.19. The quantitative estimate of drug-likeness (QED) is 0.0343. The normalized spacial score (nSPS) is 12.0. The number of carbonyl (C=O) groups excluding carboxylic acids is 3. The molecule has 410 valence electrons. The maximum atomic E-state index is 12.9. The van der Waals surface area contributed by atoms with Crippen molar-refractivity contribution in [3.63, 3.8) is 0 Å². The minimum absolute atomic E-state index is 0.0613. The lowest BCUT2D eigenvalue weighted by molar-refractivity contribution is -0.167. The molecule has 0 bridgehead atoms. The van der Waals surface area contributed by atoms with Crippen molar-refractivity contribution in [3.8, 4) is 0 Å². The van der Waals surface area contributed by atoms with Gasteiger partial charge in [-0.3, -0.25) is 14.4 Å². The Morgan fingerprint density at radius 3 is 0.710 bits per heavy atom. The fourth-order valence-corrected chi connectivity index (χ4v) is 9.81. The Morgan fingerprint density at radius 2 is 0.478 bits per heavy atom. The molecule has 0 unspecified atom stereocenters. The smallest absolute Gasteiger partial charge is 0.306 e. The molecule has 0 heterocycles. The van der Waals surface area contributed by atoms with E-state index in [1.165, 1.54) is 257 Å². The van der Waals surface area contributed by atoms with E-state index < -0.39 is 6.10 Å². The zero-order chi connectivity index (χ0) is 50.2. The van der Waals surface area contributed by atoms with E-state index in [9.17, 15) is 14.4 Å². The molecule has 0 amide bonds. The lowest BCUT2D eigenvalue weighted by Crippen LogP contribution is -2.30. The lowest BCUT2D eigenvalue weighted by Gasteiger charge is -2.18. The van der Waals surface area contributed by atoms with E-state index in [2.05, 4.69) is 27.7 Å². The molecule has 0 aromatic carbocycles. The van der Waals surface area contributed by atoms with E-state index in [1.54, 1.807) is 0 Å². The summed E-state index contributed by atoms with van der Waals surface area (Å²) >= 11 is 0. The average Bonchev–Trinajstić information content (AvgIpc) is 3.34. The molecule has 0 rings (SSSR count). The monoisotopic (exact) mass is 975 g/mol. The maximum Gasteiger partial charge on any atom is 0.306 e. The highest BCUT2D eigenvalue weighted by Gasteiger charge is 2.19. The zero-order valence-electron chi connectivity index (χ0n) is 47.3. The first-order valence-corrected chi connectivity index (χ1v) is 31.4. The molecule has 0 aliphatic rings. The molecule has 0 radical (unpaired) electrons. The Balaban J connectivity index is 4.28. The van der Waals surface area contributed by atoms with Gasteiger partial charge in [-0.2, -0.15) is 0 Å². The molecule has 0 aromatic heterocycles. The Hall–Kier alpha value is -1.59. The van der Waals surface area contributed by atoms with Crippen LogP contribution >= 0.6 is 0 Å². The predicted octanol–water partition coefficient (Wildman–Crippen LogP) is 21.0. The Bertz CT molecular complexity index is 1040. The molecule has 0 saturated carbocycles. The molecule has 0 aliphatic heterocycles. The van der Waals surface area contributed by atoms with Crippen LogP contribution in [-0.4, -0.2) is 37.2 Å². The van der Waals surface area contributed by atoms with E-state index in [4.69, 9.17) is 14.2 Å². The summed E-state index contributed by atoms with van der Waals surface area (Å²) in [6, 6.07) is 0. The van der Waals surface area contributed by atoms with Crippen molar-refractivity contribution in [3.05, 3.63) is 0 Å². The molecule has 6 heteroatoms. The summed E-state index contributed by atoms with van der Waals surface area (Å²) in [5.41, 5.74) is 0. The molecule has 0 aliphatic carbocycles. The van der Waals surface area contributed by atoms with Gasteiger partial charge in [0.05, 0.1) is 0 Å². The van der Waals surface area contributed by atoms with Gasteiger partial charge >= 0.3 is 17.9 Å². The Labute approximate surface area is 431 Å². The van der Waals surface area contributed by atoms with E-state index in [0.717, 1.165) is 63.7 Å². The van der Waals surface area contributed by atoms with Gasteiger partial charge in [0.25, 0.3) is 0 Å². The van der Waals surface area contributed by atoms with Crippen LogP contribution in [0.4, 0.5) is 0 Å². The van der Waals surface area contributed by atoms with E-state index >= 15 is 0 Å². The van der Waals surface area contributed by atoms with E-state index in [1.807, 2.05) is 0 Å². The van der Waals surface area contributed by atoms with Crippen LogP contribution in [0.3, 0.4) is 0 Å². The number of hydrogen-bond donors (Lipinski definition) is 0. The Kier molecular flexibility index (Phi) is 56.0. The standard InChI is InChI=1S/C63H122O6/c1-5-7-9-11-13-15-17-19-21-23-25-27-31-35-39-43-47-51-55-62(65)68-58-60(69-63(66)56-52-48-44-40-36-32-28-29-33-37-41-45-49-53-59(3)4)57-67-61(64)54-50-46-42-38-34-30-26-24-22-20-18-16-14-12-10-8-6-2/h59-60H,5-58H2,1-4H3/t60-/m0/s1. The van der Waals surface area contributed by atoms with Crippen LogP contribution in [0.15, 0.2) is 0 Å². The van der Waals surface area contributed by atoms with Gasteiger partial charge in [-0.25, -0.2) is 0 Å². The molecule has 6 nitrogen and oxygen atoms in total. The number of hydrogen-bond acceptors (Lipinski definition) is 6. The van der Waals surface area contributed by atoms with Gasteiger partial charge in [0.2, 0.25) is 0 Å². The third-order valence-electron chi connectivity index (χ3n) is 14.5. The van der Waals surface area contributed by atoms with Crippen LogP contribution in [0.1, 0.15) is 362 Å². The summed E-state index contributed by atoms with van der Waals surface area (Å²) in [4.78, 5) is 38.3. The van der Waals surface area contributed by atoms with Crippen molar-refractivity contribution in [1.82, 2.24) is 0 Å². The van der Waals surface area contributed by atoms with Gasteiger partial charge in [-0.1, -0.05) is 323 Å². The summed E-state index contributed by atoms with van der Waals surface area (Å²) < 4.78 is 17.0. The van der Waals surface area contributed by atoms with Crippen molar-refractivity contribution in [1.29, 1.82) is 0 Å². The van der Waals surface area contributed by atoms with Crippen LogP contribution < -0.4 is 0 Å². The SMILES string of the molecule is CCCCCCCCCCCCCCCCCCCCC(=O)OC[C@H](COC(=O)CCCCCCCCCCCCCCCCCCC)OC(=O)CCCCCCCCCCCCCCCC(C)C. The molecule has 69 heavy (non-hydrogen) atoms. The molecule has 0 spiro atoms. The molecule has 0 saturated heterocycles. The van der Waals surface area contributed by atoms with Crippen molar-refractivity contribution in [2.45, 2.75) is 368 Å². The summed E-state index contributed by atoms with van der Waals surface area (Å²) in [7, 11) is 0. The van der Waals surface area contributed by atoms with Crippen molar-refractivity contribution in [2.75, 3.05) is 13.2 Å². The fourth-order valence-electron chi connectivity index (χ4n) is 9.81. The van der Waals surface area contributed by atoms with Crippen LogP contribution in [0.25, 0.3) is 0 Å². The third-order valence-corrected chi connectivity index (χ3v) is 14.5. The molecule has 0 fully saturated rings. The number of rotatable bonds is 58. The van der Waals surface area contributed by atoms with Crippen molar-refractivity contribution < 1.29 is 28.6 Å². The van der Waals surface area contributed by atoms with Gasteiger partial charge < -0.3 is 14.2 Å². The molecule has 0 N–H and O–H groups in total. The second-order valence-corrected chi connectivity index (χ2v) is 22.2. The van der Waals surface area contributed by atoms with Crippen LogP contribution in [0.2, 0.25) is 0 Å². The summed E-state index contributed by atoms with van der Waals surface area (Å²) in [5.74, 6) is 0.00921. The number of carbonyl (C=O) groups is 3. The maximum absolute atomic E-state index is 12.9. The molecule has 0 aromatic rings. The van der Waals surface area contributed by atoms with Gasteiger partial charge in [-0.15, -0.1) is 0 Å². The van der Waals surface area contributed by atoms with Crippen LogP contribution in [-0.2, 0) is 28.6 Å². The number of ether oxygens (including phenoxy) is 3. The van der Waals surface area contributed by atoms with Crippen molar-refractivity contribution in [2.24, 2.45) is 5.92 Å². The zero-order valence-corrected chi connectivity index (χ0v) is 47.3.